The van der Waals surface area contributed by atoms with Gasteiger partial charge in [0.15, 0.2) is 0 Å². The summed E-state index contributed by atoms with van der Waals surface area (Å²) in [4.78, 5) is 29.2. The maximum atomic E-state index is 13.1. The fraction of sp³-hybridized carbons (Fsp3) is 0.600. The number of likely N-dealkylation sites (N-methyl/N-ethyl adjacent to an activating group) is 1. The number of likely N-dealkylation sites (tertiary alicyclic amines) is 1. The lowest BCUT2D eigenvalue weighted by atomic mass is 9.75. The molecule has 1 fully saturated rings. The summed E-state index contributed by atoms with van der Waals surface area (Å²) in [5.74, 6) is -0.0831. The van der Waals surface area contributed by atoms with Crippen LogP contribution in [-0.2, 0) is 15.0 Å². The van der Waals surface area contributed by atoms with Crippen LogP contribution in [0.2, 0.25) is 0 Å². The highest BCUT2D eigenvalue weighted by atomic mass is 16.3. The summed E-state index contributed by atoms with van der Waals surface area (Å²) in [6.07, 6.45) is 3.56. The van der Waals surface area contributed by atoms with Crippen molar-refractivity contribution in [2.75, 3.05) is 33.3 Å². The van der Waals surface area contributed by atoms with Crippen LogP contribution in [0.3, 0.4) is 0 Å². The number of imide groups is 1. The Kier molecular flexibility index (Phi) is 7.14. The molecule has 1 heterocycles. The Balaban J connectivity index is 2.02. The van der Waals surface area contributed by atoms with Crippen LogP contribution in [0, 0.1) is 0 Å². The Bertz CT molecular complexity index is 576. The highest BCUT2D eigenvalue weighted by Crippen LogP contribution is 2.40. The molecule has 0 aromatic heterocycles. The molecule has 0 saturated carbocycles. The molecule has 0 spiro atoms. The van der Waals surface area contributed by atoms with Gasteiger partial charge in [0.25, 0.3) is 0 Å². The number of benzene rings is 1. The van der Waals surface area contributed by atoms with Gasteiger partial charge in [-0.1, -0.05) is 43.7 Å². The van der Waals surface area contributed by atoms with Gasteiger partial charge in [-0.25, -0.2) is 0 Å². The molecule has 25 heavy (non-hydrogen) atoms. The second kappa shape index (κ2) is 9.11. The van der Waals surface area contributed by atoms with Crippen LogP contribution in [-0.4, -0.2) is 60.0 Å². The predicted octanol–water partition coefficient (Wildman–Crippen LogP) is 2.19. The molecule has 1 unspecified atom stereocenters. The van der Waals surface area contributed by atoms with Gasteiger partial charge in [0.1, 0.15) is 0 Å². The van der Waals surface area contributed by atoms with Gasteiger partial charge in [-0.15, -0.1) is 0 Å². The second-order valence-electron chi connectivity index (χ2n) is 6.96. The fourth-order valence-corrected chi connectivity index (χ4v) is 3.71. The molecule has 1 atom stereocenters. The van der Waals surface area contributed by atoms with E-state index in [0.717, 1.165) is 31.4 Å². The molecule has 1 aromatic carbocycles. The van der Waals surface area contributed by atoms with Crippen LogP contribution >= 0.6 is 0 Å². The maximum absolute atomic E-state index is 13.1. The van der Waals surface area contributed by atoms with Gasteiger partial charge in [-0.3, -0.25) is 14.5 Å². The van der Waals surface area contributed by atoms with Crippen molar-refractivity contribution in [2.24, 2.45) is 0 Å². The average Bonchev–Trinajstić information content (AvgIpc) is 2.85. The van der Waals surface area contributed by atoms with E-state index in [4.69, 9.17) is 5.11 Å². The molecule has 2 rings (SSSR count). The minimum Gasteiger partial charge on any atom is -0.395 e. The summed E-state index contributed by atoms with van der Waals surface area (Å²) in [7, 11) is 1.96. The van der Waals surface area contributed by atoms with Crippen molar-refractivity contribution in [3.63, 3.8) is 0 Å². The lowest BCUT2D eigenvalue weighted by Crippen LogP contribution is -2.39. The first kappa shape index (κ1) is 19.6. The smallest absolute Gasteiger partial charge is 0.240 e. The quantitative estimate of drug-likeness (QED) is 0.521. The Hall–Kier alpha value is -1.72. The number of hydrogen-bond acceptors (Lipinski definition) is 4. The zero-order chi connectivity index (χ0) is 18.3. The largest absolute Gasteiger partial charge is 0.395 e. The van der Waals surface area contributed by atoms with E-state index in [1.165, 1.54) is 4.90 Å². The molecule has 1 N–H and O–H groups in total. The Morgan fingerprint density at radius 2 is 1.88 bits per heavy atom. The third-order valence-electron chi connectivity index (χ3n) is 5.07. The normalized spacial score (nSPS) is 20.7. The number of amides is 2. The third-order valence-corrected chi connectivity index (χ3v) is 5.07. The van der Waals surface area contributed by atoms with E-state index >= 15 is 0 Å². The summed E-state index contributed by atoms with van der Waals surface area (Å²) in [6, 6.07) is 9.74. The molecule has 1 aliphatic heterocycles. The van der Waals surface area contributed by atoms with E-state index in [9.17, 15) is 9.59 Å². The number of hydrogen-bond donors (Lipinski definition) is 1. The molecule has 138 valence electrons. The van der Waals surface area contributed by atoms with Crippen LogP contribution in [0.5, 0.6) is 0 Å². The highest BCUT2D eigenvalue weighted by Gasteiger charge is 2.51. The topological polar surface area (TPSA) is 60.9 Å². The lowest BCUT2D eigenvalue weighted by Gasteiger charge is -2.27. The van der Waals surface area contributed by atoms with Crippen molar-refractivity contribution in [1.29, 1.82) is 0 Å². The van der Waals surface area contributed by atoms with E-state index in [2.05, 4.69) is 11.8 Å². The zero-order valence-electron chi connectivity index (χ0n) is 15.4. The van der Waals surface area contributed by atoms with Gasteiger partial charge in [0.05, 0.1) is 12.0 Å². The van der Waals surface area contributed by atoms with Crippen molar-refractivity contribution in [2.45, 2.75) is 44.4 Å². The van der Waals surface area contributed by atoms with Crippen LogP contribution in [0.15, 0.2) is 30.3 Å². The van der Waals surface area contributed by atoms with E-state index in [0.29, 0.717) is 19.5 Å². The van der Waals surface area contributed by atoms with E-state index < -0.39 is 5.41 Å². The molecule has 5 heteroatoms. The standard InChI is InChI=1S/C20H30N2O3/c1-3-11-20(17-9-5-4-6-10-17)16-18(24)22(19(20)25)13-8-7-12-21(2)14-15-23/h4-6,9-10,23H,3,7-8,11-16H2,1-2H3. The fourth-order valence-electron chi connectivity index (χ4n) is 3.71. The van der Waals surface area contributed by atoms with Crippen molar-refractivity contribution in [1.82, 2.24) is 9.80 Å². The van der Waals surface area contributed by atoms with Gasteiger partial charge >= 0.3 is 0 Å². The van der Waals surface area contributed by atoms with Crippen molar-refractivity contribution < 1.29 is 14.7 Å². The van der Waals surface area contributed by atoms with Crippen LogP contribution < -0.4 is 0 Å². The average molecular weight is 346 g/mol. The molecule has 2 amide bonds. The summed E-state index contributed by atoms with van der Waals surface area (Å²) in [5.41, 5.74) is 0.279. The van der Waals surface area contributed by atoms with Gasteiger partial charge in [0.2, 0.25) is 11.8 Å². The minimum absolute atomic E-state index is 0.0331. The van der Waals surface area contributed by atoms with E-state index in [1.54, 1.807) is 0 Å². The van der Waals surface area contributed by atoms with E-state index in [1.807, 2.05) is 37.4 Å². The molecule has 0 radical (unpaired) electrons. The van der Waals surface area contributed by atoms with Crippen LogP contribution in [0.4, 0.5) is 0 Å². The summed E-state index contributed by atoms with van der Waals surface area (Å²) in [5, 5.41) is 8.91. The Morgan fingerprint density at radius 3 is 2.52 bits per heavy atom. The number of aliphatic hydroxyl groups is 1. The molecular formula is C20H30N2O3. The van der Waals surface area contributed by atoms with Crippen molar-refractivity contribution >= 4 is 11.8 Å². The molecule has 1 aromatic rings. The van der Waals surface area contributed by atoms with Crippen molar-refractivity contribution in [3.8, 4) is 0 Å². The number of carbonyl (C=O) groups is 2. The molecule has 5 nitrogen and oxygen atoms in total. The molecular weight excluding hydrogens is 316 g/mol. The predicted molar refractivity (Wildman–Crippen MR) is 98.2 cm³/mol. The van der Waals surface area contributed by atoms with Gasteiger partial charge in [-0.2, -0.15) is 0 Å². The van der Waals surface area contributed by atoms with Gasteiger partial charge in [0, 0.05) is 19.5 Å². The first-order chi connectivity index (χ1) is 12.0. The summed E-state index contributed by atoms with van der Waals surface area (Å²) >= 11 is 0. The van der Waals surface area contributed by atoms with Crippen LogP contribution in [0.1, 0.15) is 44.6 Å². The molecule has 0 aliphatic carbocycles. The Labute approximate surface area is 150 Å². The number of nitrogens with zero attached hydrogens (tertiary/aromatic N) is 2. The van der Waals surface area contributed by atoms with Gasteiger partial charge in [-0.05, 0) is 38.4 Å². The molecule has 1 saturated heterocycles. The first-order valence-corrected chi connectivity index (χ1v) is 9.25. The van der Waals surface area contributed by atoms with Gasteiger partial charge < -0.3 is 10.0 Å². The van der Waals surface area contributed by atoms with Crippen LogP contribution in [0.25, 0.3) is 0 Å². The van der Waals surface area contributed by atoms with E-state index in [-0.39, 0.29) is 24.8 Å². The lowest BCUT2D eigenvalue weighted by molar-refractivity contribution is -0.140. The monoisotopic (exact) mass is 346 g/mol. The minimum atomic E-state index is -0.680. The number of rotatable bonds is 10. The zero-order valence-corrected chi connectivity index (χ0v) is 15.4. The Morgan fingerprint density at radius 1 is 1.16 bits per heavy atom. The molecule has 0 bridgehead atoms. The molecule has 1 aliphatic rings. The van der Waals surface area contributed by atoms with Crippen molar-refractivity contribution in [3.05, 3.63) is 35.9 Å². The maximum Gasteiger partial charge on any atom is 0.240 e. The summed E-state index contributed by atoms with van der Waals surface area (Å²) in [6.45, 7) is 4.20. The SMILES string of the molecule is CCCC1(c2ccccc2)CC(=O)N(CCCCN(C)CCO)C1=O. The number of carbonyl (C=O) groups excluding carboxylic acids is 2. The summed E-state index contributed by atoms with van der Waals surface area (Å²) < 4.78 is 0. The first-order valence-electron chi connectivity index (χ1n) is 9.25. The number of unbranched alkanes of at least 4 members (excludes halogenated alkanes) is 1. The second-order valence-corrected chi connectivity index (χ2v) is 6.96. The highest BCUT2D eigenvalue weighted by molar-refractivity contribution is 6.09. The number of aliphatic hydroxyl groups excluding tert-OH is 1. The third kappa shape index (κ3) is 4.47.